The first-order valence-electron chi connectivity index (χ1n) is 10.0. The highest BCUT2D eigenvalue weighted by Crippen LogP contribution is 2.10. The topological polar surface area (TPSA) is 46.1 Å². The van der Waals surface area contributed by atoms with E-state index in [4.69, 9.17) is 5.11 Å². The van der Waals surface area contributed by atoms with E-state index in [0.717, 1.165) is 25.1 Å². The number of imidazole rings is 1. The van der Waals surface area contributed by atoms with Crippen molar-refractivity contribution in [3.8, 4) is 0 Å². The van der Waals surface area contributed by atoms with Gasteiger partial charge in [0.1, 0.15) is 18.9 Å². The lowest BCUT2D eigenvalue weighted by Gasteiger charge is -2.06. The van der Waals surface area contributed by atoms with Crippen LogP contribution >= 0.6 is 0 Å². The molecule has 0 bridgehead atoms. The Bertz CT molecular complexity index is 674. The van der Waals surface area contributed by atoms with Gasteiger partial charge in [-0.15, -0.1) is 0 Å². The molecule has 0 saturated heterocycles. The molecule has 0 unspecified atom stereocenters. The van der Waals surface area contributed by atoms with Crippen LogP contribution in [0.15, 0.2) is 36.7 Å². The Morgan fingerprint density at radius 2 is 1.69 bits per heavy atom. The van der Waals surface area contributed by atoms with E-state index < -0.39 is 5.97 Å². The molecule has 0 saturated carbocycles. The smallest absolute Gasteiger partial charge is 0.335 e. The molecule has 0 amide bonds. The van der Waals surface area contributed by atoms with Gasteiger partial charge in [0.25, 0.3) is 5.82 Å². The zero-order valence-electron chi connectivity index (χ0n) is 16.3. The molecule has 1 heterocycles. The van der Waals surface area contributed by atoms with Crippen molar-refractivity contribution >= 4 is 5.97 Å². The van der Waals surface area contributed by atoms with E-state index in [1.165, 1.54) is 50.8 Å². The van der Waals surface area contributed by atoms with Crippen molar-refractivity contribution in [2.24, 2.45) is 0 Å². The van der Waals surface area contributed by atoms with Crippen LogP contribution in [-0.2, 0) is 19.5 Å². The van der Waals surface area contributed by atoms with Gasteiger partial charge in [0.15, 0.2) is 0 Å². The Morgan fingerprint density at radius 1 is 1.00 bits per heavy atom. The van der Waals surface area contributed by atoms with Crippen molar-refractivity contribution in [3.63, 3.8) is 0 Å². The number of carboxylic acid groups (broad SMARTS) is 1. The molecule has 0 radical (unpaired) electrons. The van der Waals surface area contributed by atoms with Crippen molar-refractivity contribution in [2.45, 2.75) is 78.3 Å². The standard InChI is InChI=1S/C22H32N2O2/c1-3-5-7-8-9-10-21-23(15-6-4-2)16-17-24(21)18-19-11-13-20(14-12-19)22(25)26/h11-14,16-17H,3-10,15,18H2,1-2H3/p+1. The fraction of sp³-hybridized carbons (Fsp3) is 0.545. The number of aryl methyl sites for hydroxylation is 1. The molecule has 0 spiro atoms. The average Bonchev–Trinajstić information content (AvgIpc) is 3.02. The zero-order chi connectivity index (χ0) is 18.8. The summed E-state index contributed by atoms with van der Waals surface area (Å²) in [5, 5.41) is 9.05. The third kappa shape index (κ3) is 6.01. The molecule has 2 rings (SSSR count). The summed E-state index contributed by atoms with van der Waals surface area (Å²) in [6.07, 6.45) is 14.3. The van der Waals surface area contributed by atoms with Crippen LogP contribution in [0, 0.1) is 0 Å². The van der Waals surface area contributed by atoms with Crippen LogP contribution in [0.4, 0.5) is 0 Å². The van der Waals surface area contributed by atoms with E-state index in [9.17, 15) is 4.79 Å². The highest BCUT2D eigenvalue weighted by molar-refractivity contribution is 5.87. The van der Waals surface area contributed by atoms with E-state index in [1.807, 2.05) is 12.1 Å². The van der Waals surface area contributed by atoms with Crippen molar-refractivity contribution in [3.05, 3.63) is 53.6 Å². The normalized spacial score (nSPS) is 11.0. The summed E-state index contributed by atoms with van der Waals surface area (Å²) < 4.78 is 4.72. The maximum atomic E-state index is 11.0. The Labute approximate surface area is 157 Å². The van der Waals surface area contributed by atoms with E-state index in [2.05, 4.69) is 35.4 Å². The minimum atomic E-state index is -0.873. The summed E-state index contributed by atoms with van der Waals surface area (Å²) >= 11 is 0. The third-order valence-corrected chi connectivity index (χ3v) is 4.90. The SMILES string of the molecule is CCCCCCCc1n(CCCC)cc[n+]1Cc1ccc(C(=O)O)cc1. The van der Waals surface area contributed by atoms with Crippen LogP contribution in [0.1, 0.15) is 80.5 Å². The molecule has 1 aromatic heterocycles. The molecule has 2 aromatic rings. The minimum absolute atomic E-state index is 0.343. The van der Waals surface area contributed by atoms with E-state index in [1.54, 1.807) is 12.1 Å². The number of hydrogen-bond acceptors (Lipinski definition) is 1. The van der Waals surface area contributed by atoms with Gasteiger partial charge < -0.3 is 5.11 Å². The van der Waals surface area contributed by atoms with Gasteiger partial charge in [-0.05, 0) is 30.5 Å². The summed E-state index contributed by atoms with van der Waals surface area (Å²) in [5.41, 5.74) is 1.48. The van der Waals surface area contributed by atoms with Gasteiger partial charge in [-0.25, -0.2) is 13.9 Å². The van der Waals surface area contributed by atoms with Crippen molar-refractivity contribution in [1.29, 1.82) is 0 Å². The molecule has 0 aliphatic heterocycles. The minimum Gasteiger partial charge on any atom is -0.478 e. The van der Waals surface area contributed by atoms with Crippen LogP contribution in [0.25, 0.3) is 0 Å². The summed E-state index contributed by atoms with van der Waals surface area (Å²) in [4.78, 5) is 11.0. The summed E-state index contributed by atoms with van der Waals surface area (Å²) in [7, 11) is 0. The molecule has 4 heteroatoms. The maximum Gasteiger partial charge on any atom is 0.335 e. The van der Waals surface area contributed by atoms with Crippen molar-refractivity contribution in [2.75, 3.05) is 0 Å². The molecule has 1 aromatic carbocycles. The number of aromatic nitrogens is 2. The maximum absolute atomic E-state index is 11.0. The highest BCUT2D eigenvalue weighted by atomic mass is 16.4. The first-order valence-corrected chi connectivity index (χ1v) is 10.0. The third-order valence-electron chi connectivity index (χ3n) is 4.90. The Kier molecular flexibility index (Phi) is 8.39. The molecule has 1 N–H and O–H groups in total. The predicted molar refractivity (Wildman–Crippen MR) is 105 cm³/mol. The van der Waals surface area contributed by atoms with Crippen LogP contribution in [-0.4, -0.2) is 15.6 Å². The van der Waals surface area contributed by atoms with Crippen molar-refractivity contribution < 1.29 is 14.5 Å². The Balaban J connectivity index is 2.07. The van der Waals surface area contributed by atoms with Crippen molar-refractivity contribution in [1.82, 2.24) is 4.57 Å². The van der Waals surface area contributed by atoms with Gasteiger partial charge in [0.05, 0.1) is 12.1 Å². The molecule has 0 fully saturated rings. The van der Waals surface area contributed by atoms with Crippen LogP contribution in [0.3, 0.4) is 0 Å². The number of carbonyl (C=O) groups is 1. The molecule has 0 atom stereocenters. The van der Waals surface area contributed by atoms with Gasteiger partial charge in [-0.1, -0.05) is 58.1 Å². The summed E-state index contributed by atoms with van der Waals surface area (Å²) in [6, 6.07) is 7.23. The number of benzene rings is 1. The quantitative estimate of drug-likeness (QED) is 0.436. The van der Waals surface area contributed by atoms with Crippen LogP contribution in [0.5, 0.6) is 0 Å². The lowest BCUT2D eigenvalue weighted by atomic mass is 10.1. The second-order valence-electron chi connectivity index (χ2n) is 7.06. The number of rotatable bonds is 12. The van der Waals surface area contributed by atoms with Gasteiger partial charge in [-0.3, -0.25) is 0 Å². The molecule has 0 aliphatic rings. The number of unbranched alkanes of at least 4 members (excludes halogenated alkanes) is 5. The largest absolute Gasteiger partial charge is 0.478 e. The Morgan fingerprint density at radius 3 is 2.35 bits per heavy atom. The summed E-state index contributed by atoms with van der Waals surface area (Å²) in [6.45, 7) is 6.35. The summed E-state index contributed by atoms with van der Waals surface area (Å²) in [5.74, 6) is 0.514. The molecular weight excluding hydrogens is 324 g/mol. The van der Waals surface area contributed by atoms with Gasteiger partial charge >= 0.3 is 5.97 Å². The van der Waals surface area contributed by atoms with Gasteiger partial charge in [0, 0.05) is 6.42 Å². The van der Waals surface area contributed by atoms with Gasteiger partial charge in [0.2, 0.25) is 0 Å². The number of aromatic carboxylic acids is 1. The highest BCUT2D eigenvalue weighted by Gasteiger charge is 2.17. The van der Waals surface area contributed by atoms with E-state index >= 15 is 0 Å². The molecular formula is C22H33N2O2+. The monoisotopic (exact) mass is 357 g/mol. The second-order valence-corrected chi connectivity index (χ2v) is 7.06. The lowest BCUT2D eigenvalue weighted by molar-refractivity contribution is -0.695. The predicted octanol–water partition coefficient (Wildman–Crippen LogP) is 4.84. The lowest BCUT2D eigenvalue weighted by Crippen LogP contribution is -2.38. The average molecular weight is 358 g/mol. The van der Waals surface area contributed by atoms with Gasteiger partial charge in [-0.2, -0.15) is 0 Å². The number of hydrogen-bond donors (Lipinski definition) is 1. The van der Waals surface area contributed by atoms with Crippen LogP contribution < -0.4 is 4.57 Å². The van der Waals surface area contributed by atoms with E-state index in [0.29, 0.717) is 5.56 Å². The second kappa shape index (κ2) is 10.8. The zero-order valence-corrected chi connectivity index (χ0v) is 16.3. The molecule has 0 aliphatic carbocycles. The molecule has 142 valence electrons. The first kappa shape index (κ1) is 20.2. The van der Waals surface area contributed by atoms with Crippen LogP contribution in [0.2, 0.25) is 0 Å². The number of carboxylic acids is 1. The number of nitrogens with zero attached hydrogens (tertiary/aromatic N) is 2. The molecule has 26 heavy (non-hydrogen) atoms. The first-order chi connectivity index (χ1) is 12.7. The molecule has 4 nitrogen and oxygen atoms in total. The van der Waals surface area contributed by atoms with E-state index in [-0.39, 0.29) is 0 Å². The Hall–Kier alpha value is -2.10. The fourth-order valence-electron chi connectivity index (χ4n) is 3.30. The fourth-order valence-corrected chi connectivity index (χ4v) is 3.30.